The topological polar surface area (TPSA) is 69.1 Å². The largest absolute Gasteiger partial charge is 0.383 e. The predicted octanol–water partition coefficient (Wildman–Crippen LogP) is 2.86. The van der Waals surface area contributed by atoms with E-state index in [4.69, 9.17) is 5.73 Å². The monoisotopic (exact) mass is 261 g/mol. The first-order valence-corrected chi connectivity index (χ1v) is 7.15. The Bertz CT molecular complexity index is 520. The third-order valence-electron chi connectivity index (χ3n) is 3.66. The third-order valence-corrected chi connectivity index (χ3v) is 3.66. The SMILES string of the molecule is CCC(C)CCCCCc1cc(N)n2ncnc2n1. The van der Waals surface area contributed by atoms with Crippen LogP contribution in [0.3, 0.4) is 0 Å². The van der Waals surface area contributed by atoms with E-state index < -0.39 is 0 Å². The highest BCUT2D eigenvalue weighted by atomic mass is 15.3. The van der Waals surface area contributed by atoms with Gasteiger partial charge in [-0.2, -0.15) is 14.6 Å². The highest BCUT2D eigenvalue weighted by molar-refractivity contribution is 5.41. The summed E-state index contributed by atoms with van der Waals surface area (Å²) < 4.78 is 1.56. The van der Waals surface area contributed by atoms with Gasteiger partial charge in [0.25, 0.3) is 5.78 Å². The number of fused-ring (bicyclic) bond motifs is 1. The number of rotatable bonds is 7. The summed E-state index contributed by atoms with van der Waals surface area (Å²) in [5.74, 6) is 2.05. The zero-order valence-corrected chi connectivity index (χ0v) is 11.8. The van der Waals surface area contributed by atoms with Crippen LogP contribution in [-0.4, -0.2) is 19.6 Å². The zero-order chi connectivity index (χ0) is 13.7. The van der Waals surface area contributed by atoms with Crippen LogP contribution < -0.4 is 5.73 Å². The Kier molecular flexibility index (Phi) is 4.71. The van der Waals surface area contributed by atoms with Crippen LogP contribution in [0.15, 0.2) is 12.4 Å². The molecule has 2 aromatic heterocycles. The van der Waals surface area contributed by atoms with Crippen molar-refractivity contribution in [3.63, 3.8) is 0 Å². The fraction of sp³-hybridized carbons (Fsp3) is 0.643. The van der Waals surface area contributed by atoms with E-state index in [2.05, 4.69) is 28.9 Å². The van der Waals surface area contributed by atoms with Gasteiger partial charge in [0.15, 0.2) is 0 Å². The maximum absolute atomic E-state index is 5.91. The second kappa shape index (κ2) is 6.50. The molecule has 0 amide bonds. The molecule has 5 nitrogen and oxygen atoms in total. The summed E-state index contributed by atoms with van der Waals surface area (Å²) in [4.78, 5) is 8.53. The second-order valence-electron chi connectivity index (χ2n) is 5.26. The fourth-order valence-corrected chi connectivity index (χ4v) is 2.19. The molecule has 5 heteroatoms. The zero-order valence-electron chi connectivity index (χ0n) is 11.8. The lowest BCUT2D eigenvalue weighted by atomic mass is 10.00. The standard InChI is InChI=1S/C14H23N5/c1-3-11(2)7-5-4-6-8-12-9-13(15)19-14(18-12)16-10-17-19/h9-11H,3-8,15H2,1-2H3. The molecular formula is C14H23N5. The van der Waals surface area contributed by atoms with Crippen LogP contribution >= 0.6 is 0 Å². The lowest BCUT2D eigenvalue weighted by Crippen LogP contribution is -2.03. The first kappa shape index (κ1) is 13.8. The first-order valence-electron chi connectivity index (χ1n) is 7.15. The van der Waals surface area contributed by atoms with Gasteiger partial charge in [0.2, 0.25) is 0 Å². The van der Waals surface area contributed by atoms with E-state index in [9.17, 15) is 0 Å². The average Bonchev–Trinajstić information content (AvgIpc) is 2.87. The molecule has 1 unspecified atom stereocenters. The average molecular weight is 261 g/mol. The Morgan fingerprint density at radius 2 is 2.16 bits per heavy atom. The Morgan fingerprint density at radius 3 is 2.95 bits per heavy atom. The van der Waals surface area contributed by atoms with E-state index in [-0.39, 0.29) is 0 Å². The van der Waals surface area contributed by atoms with E-state index in [0.29, 0.717) is 11.6 Å². The molecule has 2 N–H and O–H groups in total. The number of nitrogens with zero attached hydrogens (tertiary/aromatic N) is 4. The van der Waals surface area contributed by atoms with Crippen molar-refractivity contribution in [3.8, 4) is 0 Å². The Balaban J connectivity index is 1.81. The van der Waals surface area contributed by atoms with Crippen molar-refractivity contribution in [1.29, 1.82) is 0 Å². The number of nitrogen functional groups attached to an aromatic ring is 1. The minimum absolute atomic E-state index is 0.592. The second-order valence-corrected chi connectivity index (χ2v) is 5.26. The number of hydrogen-bond donors (Lipinski definition) is 1. The van der Waals surface area contributed by atoms with Gasteiger partial charge in [-0.25, -0.2) is 4.98 Å². The smallest absolute Gasteiger partial charge is 0.254 e. The van der Waals surface area contributed by atoms with Crippen molar-refractivity contribution in [2.75, 3.05) is 5.73 Å². The summed E-state index contributed by atoms with van der Waals surface area (Å²) in [6.45, 7) is 4.58. The summed E-state index contributed by atoms with van der Waals surface area (Å²) in [6, 6.07) is 1.90. The van der Waals surface area contributed by atoms with Gasteiger partial charge in [0.1, 0.15) is 12.1 Å². The molecule has 0 bridgehead atoms. The maximum atomic E-state index is 5.91. The maximum Gasteiger partial charge on any atom is 0.254 e. The van der Waals surface area contributed by atoms with Crippen LogP contribution in [0.25, 0.3) is 5.78 Å². The summed E-state index contributed by atoms with van der Waals surface area (Å²) in [5.41, 5.74) is 6.93. The molecule has 0 radical (unpaired) electrons. The molecule has 2 heterocycles. The molecule has 0 aliphatic heterocycles. The van der Waals surface area contributed by atoms with Gasteiger partial charge in [-0.05, 0) is 18.8 Å². The van der Waals surface area contributed by atoms with E-state index >= 15 is 0 Å². The Labute approximate surface area is 114 Å². The summed E-state index contributed by atoms with van der Waals surface area (Å²) in [5, 5.41) is 4.02. The van der Waals surface area contributed by atoms with E-state index in [1.165, 1.54) is 32.0 Å². The molecule has 0 aliphatic rings. The lowest BCUT2D eigenvalue weighted by molar-refractivity contribution is 0.478. The van der Waals surface area contributed by atoms with Gasteiger partial charge in [-0.1, -0.05) is 39.5 Å². The van der Waals surface area contributed by atoms with Crippen LogP contribution in [0.4, 0.5) is 5.82 Å². The van der Waals surface area contributed by atoms with Crippen molar-refractivity contribution >= 4 is 11.6 Å². The van der Waals surface area contributed by atoms with Crippen molar-refractivity contribution in [1.82, 2.24) is 19.6 Å². The van der Waals surface area contributed by atoms with Crippen LogP contribution in [0.5, 0.6) is 0 Å². The summed E-state index contributed by atoms with van der Waals surface area (Å²) >= 11 is 0. The van der Waals surface area contributed by atoms with Gasteiger partial charge in [0, 0.05) is 11.8 Å². The van der Waals surface area contributed by atoms with Crippen molar-refractivity contribution in [2.45, 2.75) is 52.4 Å². The number of aryl methyl sites for hydroxylation is 1. The quantitative estimate of drug-likeness (QED) is 0.778. The van der Waals surface area contributed by atoms with Crippen LogP contribution in [0.1, 0.15) is 51.6 Å². The third kappa shape index (κ3) is 3.66. The molecule has 2 aromatic rings. The van der Waals surface area contributed by atoms with Gasteiger partial charge in [0.05, 0.1) is 0 Å². The van der Waals surface area contributed by atoms with Crippen LogP contribution in [-0.2, 0) is 6.42 Å². The molecule has 19 heavy (non-hydrogen) atoms. The fourth-order valence-electron chi connectivity index (χ4n) is 2.19. The highest BCUT2D eigenvalue weighted by Gasteiger charge is 2.05. The van der Waals surface area contributed by atoms with Crippen molar-refractivity contribution in [3.05, 3.63) is 18.1 Å². The molecule has 0 aromatic carbocycles. The highest BCUT2D eigenvalue weighted by Crippen LogP contribution is 2.14. The number of anilines is 1. The van der Waals surface area contributed by atoms with Gasteiger partial charge in [-0.15, -0.1) is 0 Å². The molecule has 0 saturated carbocycles. The molecule has 2 rings (SSSR count). The molecule has 0 saturated heterocycles. The van der Waals surface area contributed by atoms with Gasteiger partial charge >= 0.3 is 0 Å². The van der Waals surface area contributed by atoms with E-state index in [1.807, 2.05) is 6.07 Å². The number of nitrogens with two attached hydrogens (primary N) is 1. The van der Waals surface area contributed by atoms with Gasteiger partial charge in [-0.3, -0.25) is 0 Å². The molecular weight excluding hydrogens is 238 g/mol. The molecule has 0 fully saturated rings. The number of hydrogen-bond acceptors (Lipinski definition) is 4. The van der Waals surface area contributed by atoms with E-state index in [0.717, 1.165) is 24.5 Å². The molecule has 0 spiro atoms. The molecule has 104 valence electrons. The van der Waals surface area contributed by atoms with Gasteiger partial charge < -0.3 is 5.73 Å². The Morgan fingerprint density at radius 1 is 1.32 bits per heavy atom. The van der Waals surface area contributed by atoms with E-state index in [1.54, 1.807) is 4.52 Å². The Hall–Kier alpha value is -1.65. The number of aromatic nitrogens is 4. The predicted molar refractivity (Wildman–Crippen MR) is 76.8 cm³/mol. The minimum Gasteiger partial charge on any atom is -0.383 e. The lowest BCUT2D eigenvalue weighted by Gasteiger charge is -2.07. The summed E-state index contributed by atoms with van der Waals surface area (Å²) in [7, 11) is 0. The van der Waals surface area contributed by atoms with Crippen LogP contribution in [0, 0.1) is 5.92 Å². The van der Waals surface area contributed by atoms with Crippen LogP contribution in [0.2, 0.25) is 0 Å². The number of unbranched alkanes of at least 4 members (excludes halogenated alkanes) is 2. The van der Waals surface area contributed by atoms with Crippen molar-refractivity contribution < 1.29 is 0 Å². The summed E-state index contributed by atoms with van der Waals surface area (Å²) in [6.07, 6.45) is 8.77. The van der Waals surface area contributed by atoms with Crippen molar-refractivity contribution in [2.24, 2.45) is 5.92 Å². The first-order chi connectivity index (χ1) is 9.20. The minimum atomic E-state index is 0.592. The molecule has 0 aliphatic carbocycles. The molecule has 1 atom stereocenters. The normalized spacial score (nSPS) is 12.9.